The summed E-state index contributed by atoms with van der Waals surface area (Å²) < 4.78 is 0. The lowest BCUT2D eigenvalue weighted by atomic mass is 9.87. The molecule has 1 aromatic carbocycles. The van der Waals surface area contributed by atoms with Crippen LogP contribution in [0.1, 0.15) is 45.6 Å². The third kappa shape index (κ3) is 6.06. The van der Waals surface area contributed by atoms with Gasteiger partial charge in [-0.2, -0.15) is 0 Å². The van der Waals surface area contributed by atoms with E-state index in [1.807, 2.05) is 45.0 Å². The van der Waals surface area contributed by atoms with Gasteiger partial charge in [0, 0.05) is 11.6 Å². The van der Waals surface area contributed by atoms with Crippen molar-refractivity contribution in [2.75, 3.05) is 6.54 Å². The van der Waals surface area contributed by atoms with Gasteiger partial charge in [-0.15, -0.1) is 0 Å². The summed E-state index contributed by atoms with van der Waals surface area (Å²) >= 11 is 6.02. The Morgan fingerprint density at radius 3 is 2.48 bits per heavy atom. The van der Waals surface area contributed by atoms with Gasteiger partial charge in [0.1, 0.15) is 0 Å². The molecule has 1 amide bonds. The van der Waals surface area contributed by atoms with E-state index < -0.39 is 0 Å². The third-order valence-electron chi connectivity index (χ3n) is 3.53. The van der Waals surface area contributed by atoms with Crippen molar-refractivity contribution in [1.29, 1.82) is 0 Å². The summed E-state index contributed by atoms with van der Waals surface area (Å²) in [5, 5.41) is 13.0. The molecule has 0 aliphatic rings. The number of carbonyl (C=O) groups excluding carboxylic acids is 1. The zero-order valence-electron chi connectivity index (χ0n) is 13.3. The van der Waals surface area contributed by atoms with Crippen LogP contribution < -0.4 is 5.32 Å². The monoisotopic (exact) mass is 311 g/mol. The summed E-state index contributed by atoms with van der Waals surface area (Å²) in [6.07, 6.45) is 0.342. The van der Waals surface area contributed by atoms with Gasteiger partial charge in [0.2, 0.25) is 5.91 Å². The van der Waals surface area contributed by atoms with E-state index in [0.29, 0.717) is 18.0 Å². The predicted octanol–water partition coefficient (Wildman–Crippen LogP) is 3.60. The molecule has 3 nitrogen and oxygen atoms in total. The van der Waals surface area contributed by atoms with E-state index in [-0.39, 0.29) is 29.8 Å². The van der Waals surface area contributed by atoms with Crippen molar-refractivity contribution in [1.82, 2.24) is 5.32 Å². The van der Waals surface area contributed by atoms with Crippen LogP contribution in [0.15, 0.2) is 24.3 Å². The molecule has 1 aromatic rings. The second-order valence-electron chi connectivity index (χ2n) is 6.21. The fourth-order valence-corrected chi connectivity index (χ4v) is 2.79. The highest BCUT2D eigenvalue weighted by atomic mass is 35.5. The molecule has 3 unspecified atom stereocenters. The highest BCUT2D eigenvalue weighted by molar-refractivity contribution is 6.30. The van der Waals surface area contributed by atoms with Gasteiger partial charge in [0.25, 0.3) is 0 Å². The highest BCUT2D eigenvalue weighted by Gasteiger charge is 2.24. The maximum absolute atomic E-state index is 12.5. The number of carbonyl (C=O) groups is 1. The standard InChI is InChI=1S/C17H26ClNO2/c1-11(2)16(14-6-5-7-15(18)9-14)17(21)19-10-12(3)8-13(4)20/h5-7,9,11-13,16,20H,8,10H2,1-4H3,(H,19,21). The van der Waals surface area contributed by atoms with Gasteiger partial charge in [-0.1, -0.05) is 44.5 Å². The van der Waals surface area contributed by atoms with E-state index in [1.54, 1.807) is 6.92 Å². The lowest BCUT2D eigenvalue weighted by molar-refractivity contribution is -0.123. The molecule has 0 spiro atoms. The third-order valence-corrected chi connectivity index (χ3v) is 3.76. The average molecular weight is 312 g/mol. The number of halogens is 1. The Morgan fingerprint density at radius 2 is 1.95 bits per heavy atom. The summed E-state index contributed by atoms with van der Waals surface area (Å²) in [6, 6.07) is 7.47. The molecule has 4 heteroatoms. The second kappa shape index (κ2) is 8.40. The van der Waals surface area contributed by atoms with Crippen molar-refractivity contribution in [3.8, 4) is 0 Å². The topological polar surface area (TPSA) is 49.3 Å². The Kier molecular flexibility index (Phi) is 7.20. The Labute approximate surface area is 132 Å². The first-order valence-corrected chi connectivity index (χ1v) is 7.90. The Morgan fingerprint density at radius 1 is 1.29 bits per heavy atom. The van der Waals surface area contributed by atoms with Crippen molar-refractivity contribution in [3.05, 3.63) is 34.9 Å². The molecule has 3 atom stereocenters. The first kappa shape index (κ1) is 18.0. The molecule has 0 fully saturated rings. The summed E-state index contributed by atoms with van der Waals surface area (Å²) in [5.41, 5.74) is 0.943. The zero-order chi connectivity index (χ0) is 16.0. The molecular formula is C17H26ClNO2. The van der Waals surface area contributed by atoms with Crippen LogP contribution in [0.3, 0.4) is 0 Å². The van der Waals surface area contributed by atoms with E-state index in [2.05, 4.69) is 5.32 Å². The first-order valence-electron chi connectivity index (χ1n) is 7.52. The normalized spacial score (nSPS) is 15.6. The number of nitrogens with one attached hydrogen (secondary N) is 1. The summed E-state index contributed by atoms with van der Waals surface area (Å²) in [4.78, 5) is 12.5. The first-order chi connectivity index (χ1) is 9.81. The second-order valence-corrected chi connectivity index (χ2v) is 6.65. The van der Waals surface area contributed by atoms with Crippen LogP contribution in [0.25, 0.3) is 0 Å². The molecule has 0 radical (unpaired) electrons. The molecular weight excluding hydrogens is 286 g/mol. The van der Waals surface area contributed by atoms with Crippen molar-refractivity contribution in [3.63, 3.8) is 0 Å². The van der Waals surface area contributed by atoms with E-state index in [9.17, 15) is 9.90 Å². The average Bonchev–Trinajstić information content (AvgIpc) is 2.35. The Balaban J connectivity index is 2.71. The lowest BCUT2D eigenvalue weighted by Crippen LogP contribution is -2.35. The summed E-state index contributed by atoms with van der Waals surface area (Å²) in [5.74, 6) is 0.254. The van der Waals surface area contributed by atoms with Crippen molar-refractivity contribution < 1.29 is 9.90 Å². The Bertz CT molecular complexity index is 460. The molecule has 2 N–H and O–H groups in total. The molecule has 118 valence electrons. The van der Waals surface area contributed by atoms with E-state index in [0.717, 1.165) is 5.56 Å². The fraction of sp³-hybridized carbons (Fsp3) is 0.588. The quantitative estimate of drug-likeness (QED) is 0.808. The summed E-state index contributed by atoms with van der Waals surface area (Å²) in [7, 11) is 0. The highest BCUT2D eigenvalue weighted by Crippen LogP contribution is 2.26. The molecule has 0 saturated heterocycles. The van der Waals surface area contributed by atoms with Gasteiger partial charge >= 0.3 is 0 Å². The number of hydrogen-bond donors (Lipinski definition) is 2. The van der Waals surface area contributed by atoms with E-state index in [4.69, 9.17) is 11.6 Å². The van der Waals surface area contributed by atoms with Gasteiger partial charge in [0.05, 0.1) is 12.0 Å². The van der Waals surface area contributed by atoms with E-state index >= 15 is 0 Å². The van der Waals surface area contributed by atoms with Crippen molar-refractivity contribution >= 4 is 17.5 Å². The maximum Gasteiger partial charge on any atom is 0.227 e. The molecule has 0 bridgehead atoms. The van der Waals surface area contributed by atoms with Crippen LogP contribution in [-0.4, -0.2) is 23.7 Å². The summed E-state index contributed by atoms with van der Waals surface area (Å²) in [6.45, 7) is 8.43. The number of rotatable bonds is 7. The van der Waals surface area contributed by atoms with Gasteiger partial charge in [0.15, 0.2) is 0 Å². The number of aliphatic hydroxyl groups is 1. The minimum absolute atomic E-state index is 0.0182. The predicted molar refractivity (Wildman–Crippen MR) is 87.5 cm³/mol. The minimum Gasteiger partial charge on any atom is -0.393 e. The molecule has 21 heavy (non-hydrogen) atoms. The maximum atomic E-state index is 12.5. The van der Waals surface area contributed by atoms with Crippen LogP contribution in [0.2, 0.25) is 5.02 Å². The molecule has 1 rings (SSSR count). The number of aliphatic hydroxyl groups excluding tert-OH is 1. The number of amides is 1. The molecule has 0 aliphatic heterocycles. The van der Waals surface area contributed by atoms with Gasteiger partial charge in [-0.3, -0.25) is 4.79 Å². The molecule has 0 saturated carbocycles. The zero-order valence-corrected chi connectivity index (χ0v) is 14.0. The van der Waals surface area contributed by atoms with Crippen LogP contribution in [0.5, 0.6) is 0 Å². The van der Waals surface area contributed by atoms with Crippen LogP contribution in [-0.2, 0) is 4.79 Å². The Hall–Kier alpha value is -1.06. The number of benzene rings is 1. The van der Waals surface area contributed by atoms with Crippen LogP contribution in [0, 0.1) is 11.8 Å². The largest absolute Gasteiger partial charge is 0.393 e. The minimum atomic E-state index is -0.342. The smallest absolute Gasteiger partial charge is 0.227 e. The molecule has 0 aromatic heterocycles. The number of hydrogen-bond acceptors (Lipinski definition) is 2. The molecule has 0 heterocycles. The fourth-order valence-electron chi connectivity index (χ4n) is 2.59. The van der Waals surface area contributed by atoms with Crippen molar-refractivity contribution in [2.45, 2.75) is 46.1 Å². The van der Waals surface area contributed by atoms with Gasteiger partial charge in [-0.25, -0.2) is 0 Å². The molecule has 0 aliphatic carbocycles. The van der Waals surface area contributed by atoms with Crippen molar-refractivity contribution in [2.24, 2.45) is 11.8 Å². The van der Waals surface area contributed by atoms with E-state index in [1.165, 1.54) is 0 Å². The van der Waals surface area contributed by atoms with Gasteiger partial charge < -0.3 is 10.4 Å². The van der Waals surface area contributed by atoms with Crippen LogP contribution >= 0.6 is 11.6 Å². The van der Waals surface area contributed by atoms with Gasteiger partial charge in [-0.05, 0) is 42.9 Å². The lowest BCUT2D eigenvalue weighted by Gasteiger charge is -2.22. The van der Waals surface area contributed by atoms with Crippen LogP contribution in [0.4, 0.5) is 0 Å². The SMILES string of the molecule is CC(O)CC(C)CNC(=O)C(c1cccc(Cl)c1)C(C)C.